The number of amides is 1. The Morgan fingerprint density at radius 3 is 2.64 bits per heavy atom. The van der Waals surface area contributed by atoms with E-state index in [1.165, 1.54) is 17.5 Å². The minimum absolute atomic E-state index is 0.0673. The summed E-state index contributed by atoms with van der Waals surface area (Å²) < 4.78 is 28.7. The summed E-state index contributed by atoms with van der Waals surface area (Å²) in [7, 11) is -3.64. The fraction of sp³-hybridized carbons (Fsp3) is 0.409. The predicted octanol–water partition coefficient (Wildman–Crippen LogP) is 3.51. The largest absolute Gasteiger partial charge is 0.312 e. The second-order valence-electron chi connectivity index (χ2n) is 7.66. The van der Waals surface area contributed by atoms with E-state index in [0.717, 1.165) is 29.7 Å². The van der Waals surface area contributed by atoms with Gasteiger partial charge in [-0.2, -0.15) is 0 Å². The van der Waals surface area contributed by atoms with Crippen LogP contribution in [-0.2, 0) is 34.1 Å². The van der Waals surface area contributed by atoms with Crippen molar-refractivity contribution in [3.8, 4) is 0 Å². The molecule has 0 saturated carbocycles. The third-order valence-electron chi connectivity index (χ3n) is 5.81. The van der Waals surface area contributed by atoms with Crippen molar-refractivity contribution in [2.75, 3.05) is 11.4 Å². The lowest BCUT2D eigenvalue weighted by Gasteiger charge is -2.18. The topological polar surface area (TPSA) is 66.5 Å². The fourth-order valence-corrected chi connectivity index (χ4v) is 5.51. The van der Waals surface area contributed by atoms with Crippen LogP contribution in [0.25, 0.3) is 0 Å². The number of rotatable bonds is 5. The highest BCUT2D eigenvalue weighted by Gasteiger charge is 2.26. The van der Waals surface area contributed by atoms with Gasteiger partial charge in [-0.1, -0.05) is 25.1 Å². The maximum Gasteiger partial charge on any atom is 0.241 e. The number of hydrogen-bond acceptors (Lipinski definition) is 3. The van der Waals surface area contributed by atoms with Crippen molar-refractivity contribution < 1.29 is 13.2 Å². The molecule has 1 aliphatic carbocycles. The number of fused-ring (bicyclic) bond motifs is 2. The van der Waals surface area contributed by atoms with Crippen molar-refractivity contribution in [2.45, 2.75) is 56.9 Å². The van der Waals surface area contributed by atoms with Gasteiger partial charge in [-0.05, 0) is 73.1 Å². The molecule has 1 aliphatic heterocycles. The van der Waals surface area contributed by atoms with Crippen molar-refractivity contribution in [3.63, 3.8) is 0 Å². The van der Waals surface area contributed by atoms with Crippen LogP contribution in [0.5, 0.6) is 0 Å². The number of nitrogens with one attached hydrogen (secondary N) is 1. The molecule has 1 atom stereocenters. The van der Waals surface area contributed by atoms with Crippen LogP contribution in [0, 0.1) is 0 Å². The molecular weight excluding hydrogens is 372 g/mol. The van der Waals surface area contributed by atoms with Gasteiger partial charge in [0.25, 0.3) is 0 Å². The van der Waals surface area contributed by atoms with Gasteiger partial charge in [0, 0.05) is 24.7 Å². The van der Waals surface area contributed by atoms with E-state index in [4.69, 9.17) is 0 Å². The SMILES string of the molecule is CCC(=O)N1CCc2cc(S(=O)(=O)NC(C)c3ccc4c(c3)CCC4)ccc21. The fourth-order valence-electron chi connectivity index (χ4n) is 4.23. The summed E-state index contributed by atoms with van der Waals surface area (Å²) in [6.07, 6.45) is 4.48. The van der Waals surface area contributed by atoms with Crippen LogP contribution in [0.15, 0.2) is 41.3 Å². The molecule has 0 bridgehead atoms. The van der Waals surface area contributed by atoms with Gasteiger partial charge in [0.15, 0.2) is 0 Å². The van der Waals surface area contributed by atoms with Crippen LogP contribution in [-0.4, -0.2) is 20.9 Å². The van der Waals surface area contributed by atoms with Gasteiger partial charge >= 0.3 is 0 Å². The lowest BCUT2D eigenvalue weighted by atomic mass is 10.0. The molecule has 28 heavy (non-hydrogen) atoms. The molecule has 5 nitrogen and oxygen atoms in total. The van der Waals surface area contributed by atoms with E-state index in [2.05, 4.69) is 16.9 Å². The summed E-state index contributed by atoms with van der Waals surface area (Å²) in [6.45, 7) is 4.33. The van der Waals surface area contributed by atoms with E-state index in [1.54, 1.807) is 23.1 Å². The number of hydrogen-bond donors (Lipinski definition) is 1. The van der Waals surface area contributed by atoms with E-state index in [-0.39, 0.29) is 16.8 Å². The molecular formula is C22H26N2O3S. The van der Waals surface area contributed by atoms with Crippen LogP contribution < -0.4 is 9.62 Å². The first-order valence-corrected chi connectivity index (χ1v) is 11.4. The molecule has 0 spiro atoms. The highest BCUT2D eigenvalue weighted by Crippen LogP contribution is 2.31. The molecule has 0 saturated heterocycles. The molecule has 0 fully saturated rings. The Hall–Kier alpha value is -2.18. The molecule has 1 heterocycles. The summed E-state index contributed by atoms with van der Waals surface area (Å²) in [4.78, 5) is 14.0. The monoisotopic (exact) mass is 398 g/mol. The third kappa shape index (κ3) is 3.47. The van der Waals surface area contributed by atoms with Crippen molar-refractivity contribution in [2.24, 2.45) is 0 Å². The van der Waals surface area contributed by atoms with Crippen LogP contribution in [0.4, 0.5) is 5.69 Å². The molecule has 2 aromatic carbocycles. The first-order valence-electron chi connectivity index (χ1n) is 9.96. The maximum absolute atomic E-state index is 12.9. The molecule has 2 aromatic rings. The zero-order chi connectivity index (χ0) is 19.9. The third-order valence-corrected chi connectivity index (χ3v) is 7.35. The summed E-state index contributed by atoms with van der Waals surface area (Å²) in [5.41, 5.74) is 5.45. The number of benzene rings is 2. The second-order valence-corrected chi connectivity index (χ2v) is 9.38. The molecule has 0 radical (unpaired) electrons. The average Bonchev–Trinajstić information content (AvgIpc) is 3.32. The van der Waals surface area contributed by atoms with Gasteiger partial charge in [-0.15, -0.1) is 0 Å². The molecule has 1 N–H and O–H groups in total. The van der Waals surface area contributed by atoms with Crippen LogP contribution >= 0.6 is 0 Å². The number of carbonyl (C=O) groups excluding carboxylic acids is 1. The molecule has 148 valence electrons. The number of aryl methyl sites for hydroxylation is 2. The summed E-state index contributed by atoms with van der Waals surface area (Å²) in [5.74, 6) is 0.0673. The van der Waals surface area contributed by atoms with Crippen molar-refractivity contribution in [1.82, 2.24) is 4.72 Å². The molecule has 1 unspecified atom stereocenters. The summed E-state index contributed by atoms with van der Waals surface area (Å²) in [6, 6.07) is 11.0. The Kier molecular flexibility index (Phi) is 5.02. The molecule has 1 amide bonds. The molecule has 2 aliphatic rings. The first-order chi connectivity index (χ1) is 13.4. The smallest absolute Gasteiger partial charge is 0.241 e. The van der Waals surface area contributed by atoms with Gasteiger partial charge in [0.2, 0.25) is 15.9 Å². The highest BCUT2D eigenvalue weighted by molar-refractivity contribution is 7.89. The van der Waals surface area contributed by atoms with Gasteiger partial charge < -0.3 is 4.90 Å². The number of anilines is 1. The molecule has 6 heteroatoms. The quantitative estimate of drug-likeness (QED) is 0.838. The van der Waals surface area contributed by atoms with E-state index in [0.29, 0.717) is 19.4 Å². The van der Waals surface area contributed by atoms with Crippen molar-refractivity contribution in [3.05, 3.63) is 58.7 Å². The number of sulfonamides is 1. The van der Waals surface area contributed by atoms with E-state index >= 15 is 0 Å². The van der Waals surface area contributed by atoms with Crippen LogP contribution in [0.3, 0.4) is 0 Å². The van der Waals surface area contributed by atoms with Crippen molar-refractivity contribution >= 4 is 21.6 Å². The highest BCUT2D eigenvalue weighted by atomic mass is 32.2. The Labute approximate surface area is 166 Å². The van der Waals surface area contributed by atoms with Gasteiger partial charge in [0.05, 0.1) is 4.90 Å². The Bertz CT molecular complexity index is 1030. The van der Waals surface area contributed by atoms with Crippen molar-refractivity contribution in [1.29, 1.82) is 0 Å². The average molecular weight is 399 g/mol. The second kappa shape index (κ2) is 7.33. The summed E-state index contributed by atoms with van der Waals surface area (Å²) >= 11 is 0. The van der Waals surface area contributed by atoms with Crippen LogP contribution in [0.2, 0.25) is 0 Å². The number of nitrogens with zero attached hydrogens (tertiary/aromatic N) is 1. The molecule has 4 rings (SSSR count). The summed E-state index contributed by atoms with van der Waals surface area (Å²) in [5, 5.41) is 0. The standard InChI is InChI=1S/C22H26N2O3S/c1-3-22(25)24-12-11-19-14-20(9-10-21(19)24)28(26,27)23-15(2)17-8-7-16-5-4-6-18(16)13-17/h7-10,13-15,23H,3-6,11-12H2,1-2H3. The van der Waals surface area contributed by atoms with E-state index in [1.807, 2.05) is 19.9 Å². The lowest BCUT2D eigenvalue weighted by Crippen LogP contribution is -2.28. The maximum atomic E-state index is 12.9. The Morgan fingerprint density at radius 1 is 1.07 bits per heavy atom. The first kappa shape index (κ1) is 19.2. The Morgan fingerprint density at radius 2 is 1.86 bits per heavy atom. The zero-order valence-corrected chi connectivity index (χ0v) is 17.2. The van der Waals surface area contributed by atoms with Gasteiger partial charge in [0.1, 0.15) is 0 Å². The lowest BCUT2D eigenvalue weighted by molar-refractivity contribution is -0.118. The van der Waals surface area contributed by atoms with Gasteiger partial charge in [-0.3, -0.25) is 4.79 Å². The van der Waals surface area contributed by atoms with E-state index in [9.17, 15) is 13.2 Å². The van der Waals surface area contributed by atoms with Crippen LogP contribution in [0.1, 0.15) is 55.0 Å². The normalized spacial score (nSPS) is 16.7. The molecule has 0 aromatic heterocycles. The van der Waals surface area contributed by atoms with E-state index < -0.39 is 10.0 Å². The number of carbonyl (C=O) groups is 1. The minimum Gasteiger partial charge on any atom is -0.312 e. The van der Waals surface area contributed by atoms with Gasteiger partial charge in [-0.25, -0.2) is 13.1 Å². The Balaban J connectivity index is 1.55. The predicted molar refractivity (Wildman–Crippen MR) is 110 cm³/mol. The minimum atomic E-state index is -3.64. The zero-order valence-electron chi connectivity index (χ0n) is 16.4.